The Hall–Kier alpha value is -1.99. The van der Waals surface area contributed by atoms with E-state index in [1.54, 1.807) is 24.0 Å². The van der Waals surface area contributed by atoms with Crippen molar-refractivity contribution in [2.24, 2.45) is 5.92 Å². The first kappa shape index (κ1) is 15.9. The Labute approximate surface area is 134 Å². The molecule has 2 amide bonds. The van der Waals surface area contributed by atoms with Crippen LogP contribution in [0.2, 0.25) is 0 Å². The molecule has 0 spiro atoms. The number of hydrogen-bond donors (Lipinski definition) is 2. The summed E-state index contributed by atoms with van der Waals surface area (Å²) in [4.78, 5) is 27.7. The second kappa shape index (κ2) is 6.64. The van der Waals surface area contributed by atoms with Crippen LogP contribution in [0.3, 0.4) is 0 Å². The van der Waals surface area contributed by atoms with Gasteiger partial charge >= 0.3 is 0 Å². The van der Waals surface area contributed by atoms with Crippen LogP contribution in [0.4, 0.5) is 4.39 Å². The number of rotatable bonds is 2. The second-order valence-electron chi connectivity index (χ2n) is 5.99. The zero-order chi connectivity index (χ0) is 16.4. The van der Waals surface area contributed by atoms with Crippen molar-refractivity contribution in [2.75, 3.05) is 32.7 Å². The number of hydrazine groups is 1. The molecule has 2 saturated heterocycles. The van der Waals surface area contributed by atoms with Gasteiger partial charge in [-0.25, -0.2) is 9.82 Å². The highest BCUT2D eigenvalue weighted by Gasteiger charge is 2.37. The fraction of sp³-hybridized carbons (Fsp3) is 0.500. The average molecular weight is 320 g/mol. The van der Waals surface area contributed by atoms with E-state index in [4.69, 9.17) is 0 Å². The molecule has 2 heterocycles. The molecule has 6 nitrogen and oxygen atoms in total. The maximum absolute atomic E-state index is 13.1. The Bertz CT molecular complexity index is 584. The molecule has 1 aromatic carbocycles. The third-order valence-electron chi connectivity index (χ3n) is 4.56. The Morgan fingerprint density at radius 3 is 2.30 bits per heavy atom. The van der Waals surface area contributed by atoms with Crippen LogP contribution in [0.25, 0.3) is 0 Å². The predicted octanol–water partition coefficient (Wildman–Crippen LogP) is 0.282. The quantitative estimate of drug-likeness (QED) is 0.822. The first-order chi connectivity index (χ1) is 11.1. The van der Waals surface area contributed by atoms with Gasteiger partial charge in [-0.2, -0.15) is 0 Å². The van der Waals surface area contributed by atoms with Crippen LogP contribution in [0.15, 0.2) is 24.3 Å². The molecule has 2 fully saturated rings. The fourth-order valence-electron chi connectivity index (χ4n) is 3.19. The minimum Gasteiger partial charge on any atom is -0.339 e. The lowest BCUT2D eigenvalue weighted by Gasteiger charge is -2.36. The molecular weight excluding hydrogens is 299 g/mol. The van der Waals surface area contributed by atoms with Gasteiger partial charge in [0.2, 0.25) is 11.8 Å². The summed E-state index contributed by atoms with van der Waals surface area (Å²) in [6.07, 6.45) is 0. The van der Waals surface area contributed by atoms with Gasteiger partial charge in [0.15, 0.2) is 0 Å². The van der Waals surface area contributed by atoms with Crippen LogP contribution in [0.1, 0.15) is 18.5 Å². The van der Waals surface area contributed by atoms with Crippen LogP contribution in [0.5, 0.6) is 0 Å². The van der Waals surface area contributed by atoms with Gasteiger partial charge in [-0.1, -0.05) is 12.1 Å². The SMILES string of the molecule is CC(=O)N1CCN(C(=O)C2CNNC2c2ccc(F)cc2)CC1. The number of carbonyl (C=O) groups excluding carboxylic acids is 2. The van der Waals surface area contributed by atoms with E-state index in [0.29, 0.717) is 32.7 Å². The van der Waals surface area contributed by atoms with Crippen molar-refractivity contribution >= 4 is 11.8 Å². The Kier molecular flexibility index (Phi) is 4.58. The van der Waals surface area contributed by atoms with E-state index in [9.17, 15) is 14.0 Å². The monoisotopic (exact) mass is 320 g/mol. The van der Waals surface area contributed by atoms with E-state index >= 15 is 0 Å². The maximum Gasteiger partial charge on any atom is 0.229 e. The van der Waals surface area contributed by atoms with Crippen molar-refractivity contribution in [3.8, 4) is 0 Å². The summed E-state index contributed by atoms with van der Waals surface area (Å²) in [6.45, 7) is 4.36. The van der Waals surface area contributed by atoms with E-state index in [2.05, 4.69) is 10.9 Å². The number of piperazine rings is 1. The Morgan fingerprint density at radius 1 is 1.09 bits per heavy atom. The van der Waals surface area contributed by atoms with Crippen molar-refractivity contribution < 1.29 is 14.0 Å². The lowest BCUT2D eigenvalue weighted by atomic mass is 9.93. The molecule has 2 aliphatic heterocycles. The first-order valence-corrected chi connectivity index (χ1v) is 7.84. The Balaban J connectivity index is 1.67. The van der Waals surface area contributed by atoms with E-state index in [1.165, 1.54) is 12.1 Å². The Morgan fingerprint density at radius 2 is 1.70 bits per heavy atom. The van der Waals surface area contributed by atoms with E-state index in [1.807, 2.05) is 4.90 Å². The summed E-state index contributed by atoms with van der Waals surface area (Å²) in [5.41, 5.74) is 7.02. The minimum atomic E-state index is -0.289. The molecule has 23 heavy (non-hydrogen) atoms. The molecule has 124 valence electrons. The summed E-state index contributed by atoms with van der Waals surface area (Å²) in [6, 6.07) is 6.04. The van der Waals surface area contributed by atoms with Gasteiger partial charge in [0.25, 0.3) is 0 Å². The largest absolute Gasteiger partial charge is 0.339 e. The minimum absolute atomic E-state index is 0.0467. The molecular formula is C16H21FN4O2. The van der Waals surface area contributed by atoms with Crippen molar-refractivity contribution in [1.29, 1.82) is 0 Å². The molecule has 2 N–H and O–H groups in total. The molecule has 0 bridgehead atoms. The molecule has 3 rings (SSSR count). The van der Waals surface area contributed by atoms with Crippen molar-refractivity contribution in [3.63, 3.8) is 0 Å². The number of nitrogens with one attached hydrogen (secondary N) is 2. The zero-order valence-electron chi connectivity index (χ0n) is 13.1. The molecule has 0 saturated carbocycles. The fourth-order valence-corrected chi connectivity index (χ4v) is 3.19. The van der Waals surface area contributed by atoms with E-state index < -0.39 is 0 Å². The predicted molar refractivity (Wildman–Crippen MR) is 82.6 cm³/mol. The summed E-state index contributed by atoms with van der Waals surface area (Å²) in [5.74, 6) is -0.405. The lowest BCUT2D eigenvalue weighted by Crippen LogP contribution is -2.52. The van der Waals surface area contributed by atoms with Gasteiger partial charge in [-0.3, -0.25) is 15.0 Å². The number of benzene rings is 1. The molecule has 0 radical (unpaired) electrons. The molecule has 7 heteroatoms. The summed E-state index contributed by atoms with van der Waals surface area (Å²) >= 11 is 0. The topological polar surface area (TPSA) is 64.7 Å². The molecule has 0 aliphatic carbocycles. The summed E-state index contributed by atoms with van der Waals surface area (Å²) in [7, 11) is 0. The normalized spacial score (nSPS) is 24.8. The van der Waals surface area contributed by atoms with Gasteiger partial charge in [0, 0.05) is 39.6 Å². The van der Waals surface area contributed by atoms with Crippen molar-refractivity contribution in [1.82, 2.24) is 20.7 Å². The van der Waals surface area contributed by atoms with E-state index in [-0.39, 0.29) is 29.6 Å². The summed E-state index contributed by atoms with van der Waals surface area (Å²) in [5, 5.41) is 0. The van der Waals surface area contributed by atoms with Gasteiger partial charge < -0.3 is 9.80 Å². The molecule has 0 aromatic heterocycles. The number of amides is 2. The standard InChI is InChI=1S/C16H21FN4O2/c1-11(22)20-6-8-21(9-7-20)16(23)14-10-18-19-15(14)12-2-4-13(17)5-3-12/h2-5,14-15,18-19H,6-10H2,1H3. The third-order valence-corrected chi connectivity index (χ3v) is 4.56. The molecule has 2 atom stereocenters. The van der Waals surface area contributed by atoms with Crippen molar-refractivity contribution in [3.05, 3.63) is 35.6 Å². The molecule has 2 aliphatic rings. The van der Waals surface area contributed by atoms with Crippen molar-refractivity contribution in [2.45, 2.75) is 13.0 Å². The molecule has 1 aromatic rings. The number of nitrogens with zero attached hydrogens (tertiary/aromatic N) is 2. The highest BCUT2D eigenvalue weighted by Crippen LogP contribution is 2.27. The van der Waals surface area contributed by atoms with Crippen LogP contribution >= 0.6 is 0 Å². The molecule has 2 unspecified atom stereocenters. The lowest BCUT2D eigenvalue weighted by molar-refractivity contribution is -0.141. The van der Waals surface area contributed by atoms with Gasteiger partial charge in [-0.05, 0) is 17.7 Å². The maximum atomic E-state index is 13.1. The van der Waals surface area contributed by atoms with Crippen LogP contribution in [-0.4, -0.2) is 54.3 Å². The number of carbonyl (C=O) groups is 2. The van der Waals surface area contributed by atoms with Gasteiger partial charge in [0.1, 0.15) is 5.82 Å². The first-order valence-electron chi connectivity index (χ1n) is 7.84. The third kappa shape index (κ3) is 3.35. The number of halogens is 1. The highest BCUT2D eigenvalue weighted by atomic mass is 19.1. The van der Waals surface area contributed by atoms with Gasteiger partial charge in [-0.15, -0.1) is 0 Å². The highest BCUT2D eigenvalue weighted by molar-refractivity contribution is 5.81. The van der Waals surface area contributed by atoms with Crippen LogP contribution in [-0.2, 0) is 9.59 Å². The average Bonchev–Trinajstić information content (AvgIpc) is 3.04. The number of hydrogen-bond acceptors (Lipinski definition) is 4. The smallest absolute Gasteiger partial charge is 0.229 e. The van der Waals surface area contributed by atoms with Crippen LogP contribution < -0.4 is 10.9 Å². The van der Waals surface area contributed by atoms with Gasteiger partial charge in [0.05, 0.1) is 12.0 Å². The second-order valence-corrected chi connectivity index (χ2v) is 5.99. The summed E-state index contributed by atoms with van der Waals surface area (Å²) < 4.78 is 13.1. The zero-order valence-corrected chi connectivity index (χ0v) is 13.1. The van der Waals surface area contributed by atoms with Crippen LogP contribution in [0, 0.1) is 11.7 Å². The van der Waals surface area contributed by atoms with E-state index in [0.717, 1.165) is 5.56 Å².